The number of rotatable bonds is 12. The van der Waals surface area contributed by atoms with E-state index in [1.165, 1.54) is 18.4 Å². The highest BCUT2D eigenvalue weighted by atomic mass is 16.5. The number of amides is 3. The lowest BCUT2D eigenvalue weighted by atomic mass is 9.95. The van der Waals surface area contributed by atoms with Crippen LogP contribution in [-0.4, -0.2) is 54.9 Å². The van der Waals surface area contributed by atoms with E-state index in [1.807, 2.05) is 52.3 Å². The van der Waals surface area contributed by atoms with E-state index in [0.29, 0.717) is 31.7 Å². The third kappa shape index (κ3) is 7.59. The van der Waals surface area contributed by atoms with E-state index in [1.54, 1.807) is 6.92 Å². The number of ether oxygens (including phenoxy) is 1. The first-order valence-electron chi connectivity index (χ1n) is 14.2. The van der Waals surface area contributed by atoms with Gasteiger partial charge in [-0.15, -0.1) is 0 Å². The number of anilines is 1. The van der Waals surface area contributed by atoms with Crippen molar-refractivity contribution in [3.63, 3.8) is 0 Å². The van der Waals surface area contributed by atoms with Crippen LogP contribution in [0.4, 0.5) is 5.69 Å². The molecule has 0 unspecified atom stereocenters. The zero-order chi connectivity index (χ0) is 26.7. The van der Waals surface area contributed by atoms with Crippen LogP contribution in [0.1, 0.15) is 80.6 Å². The summed E-state index contributed by atoms with van der Waals surface area (Å²) in [5.74, 6) is 1.07. The van der Waals surface area contributed by atoms with Gasteiger partial charge in [0.25, 0.3) is 5.91 Å². The second-order valence-electron chi connectivity index (χ2n) is 10.4. The summed E-state index contributed by atoms with van der Waals surface area (Å²) >= 11 is 0. The summed E-state index contributed by atoms with van der Waals surface area (Å²) in [6.07, 6.45) is 9.61. The van der Waals surface area contributed by atoms with Crippen molar-refractivity contribution in [2.75, 3.05) is 31.1 Å². The van der Waals surface area contributed by atoms with Gasteiger partial charge in [-0.05, 0) is 68.0 Å². The van der Waals surface area contributed by atoms with Crippen molar-refractivity contribution in [1.82, 2.24) is 10.2 Å². The number of nitrogens with one attached hydrogen (secondary N) is 1. The van der Waals surface area contributed by atoms with Gasteiger partial charge in [0.05, 0.1) is 6.61 Å². The van der Waals surface area contributed by atoms with Gasteiger partial charge in [0.15, 0.2) is 0 Å². The van der Waals surface area contributed by atoms with Gasteiger partial charge in [-0.3, -0.25) is 14.4 Å². The molecular formula is C31H41N3O4. The summed E-state index contributed by atoms with van der Waals surface area (Å²) in [6, 6.07) is 15.8. The number of likely N-dealkylation sites (tertiary alicyclic amines) is 1. The Morgan fingerprint density at radius 2 is 1.58 bits per heavy atom. The monoisotopic (exact) mass is 519 g/mol. The molecule has 1 N–H and O–H groups in total. The predicted molar refractivity (Wildman–Crippen MR) is 149 cm³/mol. The number of fused-ring (bicyclic) bond motifs is 1. The van der Waals surface area contributed by atoms with Gasteiger partial charge in [-0.2, -0.15) is 0 Å². The fraction of sp³-hybridized carbons (Fsp3) is 0.516. The molecule has 7 nitrogen and oxygen atoms in total. The maximum atomic E-state index is 13.1. The van der Waals surface area contributed by atoms with E-state index < -0.39 is 0 Å². The summed E-state index contributed by atoms with van der Waals surface area (Å²) in [4.78, 5) is 40.6. The normalized spacial score (nSPS) is 15.8. The van der Waals surface area contributed by atoms with Gasteiger partial charge >= 0.3 is 0 Å². The number of carbonyl (C=O) groups is 3. The highest BCUT2D eigenvalue weighted by Gasteiger charge is 2.33. The third-order valence-corrected chi connectivity index (χ3v) is 7.56. The molecule has 204 valence electrons. The summed E-state index contributed by atoms with van der Waals surface area (Å²) in [6.45, 7) is 4.30. The van der Waals surface area contributed by atoms with Gasteiger partial charge in [-0.1, -0.05) is 43.9 Å². The predicted octanol–water partition coefficient (Wildman–Crippen LogP) is 5.13. The zero-order valence-electron chi connectivity index (χ0n) is 22.6. The van der Waals surface area contributed by atoms with Crippen LogP contribution in [0, 0.1) is 0 Å². The number of benzene rings is 2. The molecule has 0 bridgehead atoms. The van der Waals surface area contributed by atoms with Crippen molar-refractivity contribution < 1.29 is 19.1 Å². The Hall–Kier alpha value is -3.35. The summed E-state index contributed by atoms with van der Waals surface area (Å²) < 4.78 is 5.87. The molecule has 0 saturated carbocycles. The van der Waals surface area contributed by atoms with E-state index >= 15 is 0 Å². The molecule has 4 rings (SSSR count). The minimum absolute atomic E-state index is 0.0398. The van der Waals surface area contributed by atoms with Crippen LogP contribution in [0.2, 0.25) is 0 Å². The van der Waals surface area contributed by atoms with E-state index in [0.717, 1.165) is 62.9 Å². The van der Waals surface area contributed by atoms with E-state index in [9.17, 15) is 14.4 Å². The Bertz CT molecular complexity index is 1080. The summed E-state index contributed by atoms with van der Waals surface area (Å²) in [5.41, 5.74) is 2.96. The van der Waals surface area contributed by atoms with Crippen LogP contribution >= 0.6 is 0 Å². The Kier molecular flexibility index (Phi) is 10.2. The smallest absolute Gasteiger partial charge is 0.253 e. The topological polar surface area (TPSA) is 79.0 Å². The quantitative estimate of drug-likeness (QED) is 0.395. The lowest BCUT2D eigenvalue weighted by molar-refractivity contribution is -0.120. The number of carbonyl (C=O) groups excluding carboxylic acids is 3. The SMILES string of the molecule is CC(=O)NCCCCCCCCOc1ccc(C(=O)N2CCC(N3C(=O)CCc4ccccc43)CC2)cc1. The average molecular weight is 520 g/mol. The van der Waals surface area contributed by atoms with E-state index in [-0.39, 0.29) is 23.8 Å². The molecule has 0 atom stereocenters. The molecule has 0 spiro atoms. The van der Waals surface area contributed by atoms with Gasteiger partial charge < -0.3 is 19.9 Å². The molecule has 1 saturated heterocycles. The molecule has 38 heavy (non-hydrogen) atoms. The largest absolute Gasteiger partial charge is 0.494 e. The van der Waals surface area contributed by atoms with Crippen LogP contribution < -0.4 is 15.0 Å². The van der Waals surface area contributed by atoms with Crippen LogP contribution in [-0.2, 0) is 16.0 Å². The Balaban J connectivity index is 1.15. The van der Waals surface area contributed by atoms with Crippen LogP contribution in [0.5, 0.6) is 5.75 Å². The minimum atomic E-state index is 0.0398. The van der Waals surface area contributed by atoms with Crippen molar-refractivity contribution in [2.24, 2.45) is 0 Å². The Labute approximate surface area is 226 Å². The van der Waals surface area contributed by atoms with E-state index in [2.05, 4.69) is 11.4 Å². The fourth-order valence-corrected chi connectivity index (χ4v) is 5.45. The molecule has 2 aliphatic heterocycles. The van der Waals surface area contributed by atoms with Crippen molar-refractivity contribution in [3.8, 4) is 5.75 Å². The summed E-state index contributed by atoms with van der Waals surface area (Å²) in [7, 11) is 0. The summed E-state index contributed by atoms with van der Waals surface area (Å²) in [5, 5.41) is 2.83. The first kappa shape index (κ1) is 27.7. The molecule has 2 aromatic carbocycles. The van der Waals surface area contributed by atoms with Gasteiger partial charge in [-0.25, -0.2) is 0 Å². The van der Waals surface area contributed by atoms with Gasteiger partial charge in [0, 0.05) is 50.3 Å². The number of nitrogens with zero attached hydrogens (tertiary/aromatic N) is 2. The lowest BCUT2D eigenvalue weighted by Crippen LogP contribution is -2.50. The molecule has 2 aromatic rings. The first-order valence-corrected chi connectivity index (χ1v) is 14.2. The molecule has 0 aromatic heterocycles. The molecule has 2 aliphatic rings. The number of unbranched alkanes of at least 4 members (excludes halogenated alkanes) is 5. The minimum Gasteiger partial charge on any atom is -0.494 e. The molecular weight excluding hydrogens is 478 g/mol. The van der Waals surface area contributed by atoms with Crippen LogP contribution in [0.25, 0.3) is 0 Å². The maximum absolute atomic E-state index is 13.1. The van der Waals surface area contributed by atoms with Crippen molar-refractivity contribution >= 4 is 23.4 Å². The van der Waals surface area contributed by atoms with E-state index in [4.69, 9.17) is 4.74 Å². The lowest BCUT2D eigenvalue weighted by Gasteiger charge is -2.41. The molecule has 1 fully saturated rings. The molecule has 0 aliphatic carbocycles. The second kappa shape index (κ2) is 14.0. The molecule has 7 heteroatoms. The van der Waals surface area contributed by atoms with Crippen molar-refractivity contribution in [1.29, 1.82) is 0 Å². The highest BCUT2D eigenvalue weighted by Crippen LogP contribution is 2.32. The average Bonchev–Trinajstić information content (AvgIpc) is 2.94. The molecule has 3 amide bonds. The molecule has 0 radical (unpaired) electrons. The van der Waals surface area contributed by atoms with Gasteiger partial charge in [0.1, 0.15) is 5.75 Å². The van der Waals surface area contributed by atoms with Gasteiger partial charge in [0.2, 0.25) is 11.8 Å². The molecule has 2 heterocycles. The highest BCUT2D eigenvalue weighted by molar-refractivity contribution is 5.97. The number of piperidine rings is 1. The second-order valence-corrected chi connectivity index (χ2v) is 10.4. The Morgan fingerprint density at radius 3 is 2.32 bits per heavy atom. The van der Waals surface area contributed by atoms with Crippen LogP contribution in [0.3, 0.4) is 0 Å². The maximum Gasteiger partial charge on any atom is 0.253 e. The zero-order valence-corrected chi connectivity index (χ0v) is 22.6. The Morgan fingerprint density at radius 1 is 0.895 bits per heavy atom. The third-order valence-electron chi connectivity index (χ3n) is 7.56. The number of hydrogen-bond donors (Lipinski definition) is 1. The number of hydrogen-bond acceptors (Lipinski definition) is 4. The first-order chi connectivity index (χ1) is 18.5. The fourth-order valence-electron chi connectivity index (χ4n) is 5.45. The van der Waals surface area contributed by atoms with Crippen LogP contribution in [0.15, 0.2) is 48.5 Å². The van der Waals surface area contributed by atoms with Crippen molar-refractivity contribution in [3.05, 3.63) is 59.7 Å². The number of para-hydroxylation sites is 1. The standard InChI is InChI=1S/C31H41N3O4/c1-24(35)32-20-8-4-2-3-5-9-23-38-28-15-12-26(13-16-28)31(37)33-21-18-27(19-22-33)34-29-11-7-6-10-25(29)14-17-30(34)36/h6-7,10-13,15-16,27H,2-5,8-9,14,17-23H2,1H3,(H,32,35). The number of aryl methyl sites for hydroxylation is 1. The van der Waals surface area contributed by atoms with Crippen molar-refractivity contribution in [2.45, 2.75) is 77.2 Å².